The van der Waals surface area contributed by atoms with Crippen molar-refractivity contribution in [3.05, 3.63) is 0 Å². The number of carbonyl (C=O) groups excluding carboxylic acids is 1. The Labute approximate surface area is 116 Å². The van der Waals surface area contributed by atoms with Gasteiger partial charge in [-0.2, -0.15) is 0 Å². The molecular formula is C14H28N2O3. The van der Waals surface area contributed by atoms with Gasteiger partial charge in [0.1, 0.15) is 0 Å². The number of carbonyl (C=O) groups is 1. The summed E-state index contributed by atoms with van der Waals surface area (Å²) in [5.74, 6) is -0.145. The molecule has 1 fully saturated rings. The highest BCUT2D eigenvalue weighted by molar-refractivity contribution is 5.69. The van der Waals surface area contributed by atoms with Gasteiger partial charge in [0.25, 0.3) is 0 Å². The fourth-order valence-corrected chi connectivity index (χ4v) is 2.41. The first-order valence-corrected chi connectivity index (χ1v) is 7.27. The number of hydrogen-bond donors (Lipinski definition) is 1. The molecule has 112 valence electrons. The lowest BCUT2D eigenvalue weighted by molar-refractivity contribution is -0.141. The van der Waals surface area contributed by atoms with Gasteiger partial charge in [0.2, 0.25) is 0 Å². The van der Waals surface area contributed by atoms with E-state index in [0.29, 0.717) is 6.42 Å². The lowest BCUT2D eigenvalue weighted by Gasteiger charge is -2.38. The normalized spacial score (nSPS) is 18.5. The van der Waals surface area contributed by atoms with Gasteiger partial charge in [-0.3, -0.25) is 9.69 Å². The van der Waals surface area contributed by atoms with E-state index in [2.05, 4.69) is 14.5 Å². The highest BCUT2D eigenvalue weighted by Crippen LogP contribution is 2.17. The molecule has 0 aromatic rings. The smallest absolute Gasteiger partial charge is 0.306 e. The van der Waals surface area contributed by atoms with E-state index >= 15 is 0 Å². The second-order valence-corrected chi connectivity index (χ2v) is 5.38. The number of hydrogen-bond acceptors (Lipinski definition) is 5. The van der Waals surface area contributed by atoms with Gasteiger partial charge in [-0.05, 0) is 12.8 Å². The van der Waals surface area contributed by atoms with E-state index in [4.69, 9.17) is 0 Å². The first-order chi connectivity index (χ1) is 9.03. The number of β-amino-alcohol motifs (C(OH)–C–C–N with tert-alkyl or cyclic N) is 1. The Kier molecular flexibility index (Phi) is 6.75. The molecular weight excluding hydrogens is 244 g/mol. The number of esters is 1. The Morgan fingerprint density at radius 3 is 2.16 bits per heavy atom. The molecule has 19 heavy (non-hydrogen) atoms. The molecule has 0 unspecified atom stereocenters. The monoisotopic (exact) mass is 272 g/mol. The average molecular weight is 272 g/mol. The molecule has 0 saturated carbocycles. The number of rotatable bonds is 7. The number of methoxy groups -OCH3 is 1. The van der Waals surface area contributed by atoms with E-state index < -0.39 is 5.60 Å². The maximum Gasteiger partial charge on any atom is 0.306 e. The van der Waals surface area contributed by atoms with Crippen molar-refractivity contribution in [1.29, 1.82) is 0 Å². The van der Waals surface area contributed by atoms with Crippen molar-refractivity contribution >= 4 is 5.97 Å². The Morgan fingerprint density at radius 1 is 1.16 bits per heavy atom. The zero-order chi connectivity index (χ0) is 14.3. The van der Waals surface area contributed by atoms with Crippen LogP contribution in [0.25, 0.3) is 0 Å². The highest BCUT2D eigenvalue weighted by atomic mass is 16.5. The topological polar surface area (TPSA) is 53.0 Å². The first-order valence-electron chi connectivity index (χ1n) is 7.27. The Bertz CT molecular complexity index is 272. The van der Waals surface area contributed by atoms with Crippen molar-refractivity contribution in [2.75, 3.05) is 46.4 Å². The number of piperazine rings is 1. The minimum absolute atomic E-state index is 0.145. The lowest BCUT2D eigenvalue weighted by Crippen LogP contribution is -2.51. The van der Waals surface area contributed by atoms with Gasteiger partial charge in [0.15, 0.2) is 0 Å². The standard InChI is InChI=1S/C14H28N2O3/c1-4-14(18,5-2)12-16-10-8-15(9-11-16)7-6-13(17)19-3/h18H,4-12H2,1-3H3. The number of nitrogens with zero attached hydrogens (tertiary/aromatic N) is 2. The van der Waals surface area contributed by atoms with E-state index in [1.54, 1.807) is 0 Å². The summed E-state index contributed by atoms with van der Waals surface area (Å²) in [7, 11) is 1.43. The van der Waals surface area contributed by atoms with Crippen molar-refractivity contribution in [2.45, 2.75) is 38.7 Å². The summed E-state index contributed by atoms with van der Waals surface area (Å²) in [6.07, 6.45) is 2.06. The third-order valence-corrected chi connectivity index (χ3v) is 4.16. The Balaban J connectivity index is 2.27. The molecule has 1 aliphatic heterocycles. The van der Waals surface area contributed by atoms with E-state index in [9.17, 15) is 9.90 Å². The van der Waals surface area contributed by atoms with E-state index in [1.807, 2.05) is 13.8 Å². The summed E-state index contributed by atoms with van der Waals surface area (Å²) < 4.78 is 4.65. The molecule has 1 rings (SSSR count). The quantitative estimate of drug-likeness (QED) is 0.692. The van der Waals surface area contributed by atoms with Crippen LogP contribution in [0, 0.1) is 0 Å². The van der Waals surface area contributed by atoms with Crippen LogP contribution in [0.5, 0.6) is 0 Å². The van der Waals surface area contributed by atoms with Crippen LogP contribution in [0.15, 0.2) is 0 Å². The molecule has 0 aromatic heterocycles. The minimum atomic E-state index is -0.547. The second kappa shape index (κ2) is 7.82. The van der Waals surface area contributed by atoms with Gasteiger partial charge >= 0.3 is 5.97 Å². The van der Waals surface area contributed by atoms with Gasteiger partial charge in [0, 0.05) is 39.3 Å². The van der Waals surface area contributed by atoms with Crippen molar-refractivity contribution in [3.63, 3.8) is 0 Å². The molecule has 1 heterocycles. The third-order valence-electron chi connectivity index (χ3n) is 4.16. The highest BCUT2D eigenvalue weighted by Gasteiger charge is 2.27. The van der Waals surface area contributed by atoms with Gasteiger partial charge in [0.05, 0.1) is 19.1 Å². The van der Waals surface area contributed by atoms with Crippen LogP contribution in [0.4, 0.5) is 0 Å². The van der Waals surface area contributed by atoms with Crippen LogP contribution in [-0.2, 0) is 9.53 Å². The summed E-state index contributed by atoms with van der Waals surface area (Å²) in [6.45, 7) is 9.44. The fraction of sp³-hybridized carbons (Fsp3) is 0.929. The summed E-state index contributed by atoms with van der Waals surface area (Å²) in [5.41, 5.74) is -0.547. The molecule has 1 saturated heterocycles. The van der Waals surface area contributed by atoms with Crippen molar-refractivity contribution in [2.24, 2.45) is 0 Å². The van der Waals surface area contributed by atoms with Crippen LogP contribution in [0.2, 0.25) is 0 Å². The van der Waals surface area contributed by atoms with Gasteiger partial charge in [-0.25, -0.2) is 0 Å². The van der Waals surface area contributed by atoms with E-state index in [1.165, 1.54) is 7.11 Å². The molecule has 0 radical (unpaired) electrons. The van der Waals surface area contributed by atoms with Crippen LogP contribution < -0.4 is 0 Å². The zero-order valence-corrected chi connectivity index (χ0v) is 12.5. The summed E-state index contributed by atoms with van der Waals surface area (Å²) in [4.78, 5) is 15.7. The molecule has 1 aliphatic rings. The lowest BCUT2D eigenvalue weighted by atomic mass is 9.96. The maximum atomic E-state index is 11.1. The van der Waals surface area contributed by atoms with Crippen molar-refractivity contribution in [1.82, 2.24) is 9.80 Å². The third kappa shape index (κ3) is 5.47. The predicted octanol–water partition coefficient (Wildman–Crippen LogP) is 0.718. The predicted molar refractivity (Wildman–Crippen MR) is 75.0 cm³/mol. The SMILES string of the molecule is CCC(O)(CC)CN1CCN(CCC(=O)OC)CC1. The van der Waals surface area contributed by atoms with Crippen LogP contribution in [0.3, 0.4) is 0 Å². The minimum Gasteiger partial charge on any atom is -0.469 e. The molecule has 0 atom stereocenters. The molecule has 1 N–H and O–H groups in total. The van der Waals surface area contributed by atoms with Crippen LogP contribution in [0.1, 0.15) is 33.1 Å². The summed E-state index contributed by atoms with van der Waals surface area (Å²) in [6, 6.07) is 0. The Morgan fingerprint density at radius 2 is 1.68 bits per heavy atom. The first kappa shape index (κ1) is 16.4. The summed E-state index contributed by atoms with van der Waals surface area (Å²) in [5, 5.41) is 10.3. The molecule has 0 aliphatic carbocycles. The number of aliphatic hydroxyl groups is 1. The fourth-order valence-electron chi connectivity index (χ4n) is 2.41. The van der Waals surface area contributed by atoms with Gasteiger partial charge in [-0.15, -0.1) is 0 Å². The maximum absolute atomic E-state index is 11.1. The Hall–Kier alpha value is -0.650. The molecule has 5 heteroatoms. The van der Waals surface area contributed by atoms with Gasteiger partial charge in [-0.1, -0.05) is 13.8 Å². The van der Waals surface area contributed by atoms with Crippen molar-refractivity contribution in [3.8, 4) is 0 Å². The molecule has 0 aromatic carbocycles. The molecule has 0 spiro atoms. The largest absolute Gasteiger partial charge is 0.469 e. The zero-order valence-electron chi connectivity index (χ0n) is 12.5. The molecule has 0 amide bonds. The molecule has 5 nitrogen and oxygen atoms in total. The molecule has 0 bridgehead atoms. The van der Waals surface area contributed by atoms with E-state index in [-0.39, 0.29) is 5.97 Å². The van der Waals surface area contributed by atoms with Crippen LogP contribution >= 0.6 is 0 Å². The average Bonchev–Trinajstić information content (AvgIpc) is 2.46. The summed E-state index contributed by atoms with van der Waals surface area (Å²) >= 11 is 0. The number of ether oxygens (including phenoxy) is 1. The van der Waals surface area contributed by atoms with Gasteiger partial charge < -0.3 is 14.7 Å². The van der Waals surface area contributed by atoms with Crippen molar-refractivity contribution < 1.29 is 14.6 Å². The van der Waals surface area contributed by atoms with E-state index in [0.717, 1.165) is 52.1 Å². The second-order valence-electron chi connectivity index (χ2n) is 5.38. The van der Waals surface area contributed by atoms with Crippen LogP contribution in [-0.4, -0.2) is 72.9 Å².